The number of carbonyl (C=O) groups is 2. The molecule has 0 aromatic heterocycles. The maximum Gasteiger partial charge on any atom is 0.327 e. The summed E-state index contributed by atoms with van der Waals surface area (Å²) in [5.41, 5.74) is 0.485. The van der Waals surface area contributed by atoms with Crippen LogP contribution in [0.25, 0.3) is 0 Å². The van der Waals surface area contributed by atoms with Crippen LogP contribution in [0.5, 0.6) is 0 Å². The van der Waals surface area contributed by atoms with Gasteiger partial charge in [0.25, 0.3) is 5.91 Å². The van der Waals surface area contributed by atoms with E-state index in [1.54, 1.807) is 4.90 Å². The molecule has 0 radical (unpaired) electrons. The van der Waals surface area contributed by atoms with Gasteiger partial charge < -0.3 is 10.0 Å². The van der Waals surface area contributed by atoms with Gasteiger partial charge in [0.2, 0.25) is 0 Å². The molecule has 20 heavy (non-hydrogen) atoms. The van der Waals surface area contributed by atoms with Gasteiger partial charge >= 0.3 is 6.03 Å². The lowest BCUT2D eigenvalue weighted by Crippen LogP contribution is -2.36. The first-order valence-electron chi connectivity index (χ1n) is 6.63. The average molecular weight is 278 g/mol. The Labute approximate surface area is 115 Å². The minimum atomic E-state index is -0.997. The van der Waals surface area contributed by atoms with Crippen molar-refractivity contribution in [2.24, 2.45) is 0 Å². The summed E-state index contributed by atoms with van der Waals surface area (Å²) in [6.45, 7) is 0.509. The molecule has 3 amide bonds. The Hall–Kier alpha value is -1.95. The van der Waals surface area contributed by atoms with Crippen LogP contribution in [0, 0.1) is 5.82 Å². The number of aliphatic hydroxyl groups excluding tert-OH is 1. The summed E-state index contributed by atoms with van der Waals surface area (Å²) in [4.78, 5) is 26.8. The predicted octanol–water partition coefficient (Wildman–Crippen LogP) is 1.29. The molecule has 3 rings (SSSR count). The highest BCUT2D eigenvalue weighted by Crippen LogP contribution is 2.28. The van der Waals surface area contributed by atoms with E-state index in [1.165, 1.54) is 24.3 Å². The van der Waals surface area contributed by atoms with Crippen LogP contribution in [0.2, 0.25) is 0 Å². The number of urea groups is 1. The van der Waals surface area contributed by atoms with Crippen molar-refractivity contribution in [3.05, 3.63) is 35.6 Å². The summed E-state index contributed by atoms with van der Waals surface area (Å²) in [6, 6.07) is 4.69. The Morgan fingerprint density at radius 3 is 2.65 bits per heavy atom. The van der Waals surface area contributed by atoms with Crippen LogP contribution in [0.3, 0.4) is 0 Å². The second kappa shape index (κ2) is 4.86. The lowest BCUT2D eigenvalue weighted by atomic mass is 10.1. The molecule has 0 saturated carbocycles. The SMILES string of the molecule is O=C1C2CCCN2C(=O)N1CC(O)c1ccc(F)cc1. The Morgan fingerprint density at radius 1 is 1.30 bits per heavy atom. The van der Waals surface area contributed by atoms with E-state index in [4.69, 9.17) is 0 Å². The topological polar surface area (TPSA) is 60.9 Å². The summed E-state index contributed by atoms with van der Waals surface area (Å²) < 4.78 is 12.8. The van der Waals surface area contributed by atoms with Crippen molar-refractivity contribution in [2.45, 2.75) is 25.0 Å². The van der Waals surface area contributed by atoms with Crippen molar-refractivity contribution in [1.82, 2.24) is 9.80 Å². The molecular weight excluding hydrogens is 263 g/mol. The molecule has 2 unspecified atom stereocenters. The third-order valence-corrected chi connectivity index (χ3v) is 3.89. The largest absolute Gasteiger partial charge is 0.387 e. The van der Waals surface area contributed by atoms with Gasteiger partial charge in [0, 0.05) is 6.54 Å². The number of rotatable bonds is 3. The highest BCUT2D eigenvalue weighted by molar-refractivity contribution is 6.04. The van der Waals surface area contributed by atoms with Crippen molar-refractivity contribution >= 4 is 11.9 Å². The van der Waals surface area contributed by atoms with E-state index in [-0.39, 0.29) is 24.5 Å². The number of benzene rings is 1. The highest BCUT2D eigenvalue weighted by Gasteiger charge is 2.47. The molecule has 1 aromatic rings. The van der Waals surface area contributed by atoms with Crippen LogP contribution in [0.15, 0.2) is 24.3 Å². The summed E-state index contributed by atoms with van der Waals surface area (Å²) in [7, 11) is 0. The van der Waals surface area contributed by atoms with E-state index in [9.17, 15) is 19.1 Å². The van der Waals surface area contributed by atoms with E-state index < -0.39 is 11.9 Å². The first-order valence-corrected chi connectivity index (χ1v) is 6.63. The van der Waals surface area contributed by atoms with E-state index in [1.807, 2.05) is 0 Å². The third-order valence-electron chi connectivity index (χ3n) is 3.89. The van der Waals surface area contributed by atoms with Crippen LogP contribution in [0.4, 0.5) is 9.18 Å². The second-order valence-electron chi connectivity index (χ2n) is 5.15. The fraction of sp³-hybridized carbons (Fsp3) is 0.429. The predicted molar refractivity (Wildman–Crippen MR) is 68.2 cm³/mol. The van der Waals surface area contributed by atoms with Crippen LogP contribution in [0.1, 0.15) is 24.5 Å². The van der Waals surface area contributed by atoms with Crippen LogP contribution in [-0.4, -0.2) is 46.0 Å². The molecule has 1 aromatic carbocycles. The molecular formula is C14H15FN2O3. The molecule has 6 heteroatoms. The zero-order valence-electron chi connectivity index (χ0n) is 10.8. The van der Waals surface area contributed by atoms with E-state index in [2.05, 4.69) is 0 Å². The van der Waals surface area contributed by atoms with E-state index in [0.29, 0.717) is 18.5 Å². The molecule has 2 fully saturated rings. The molecule has 2 atom stereocenters. The minimum Gasteiger partial charge on any atom is -0.387 e. The Morgan fingerprint density at radius 2 is 2.00 bits per heavy atom. The summed E-state index contributed by atoms with van der Waals surface area (Å²) in [6.07, 6.45) is 0.535. The molecule has 106 valence electrons. The Kier molecular flexibility index (Phi) is 3.17. The van der Waals surface area contributed by atoms with Crippen molar-refractivity contribution < 1.29 is 19.1 Å². The third kappa shape index (κ3) is 2.06. The number of hydrogen-bond donors (Lipinski definition) is 1. The fourth-order valence-corrected chi connectivity index (χ4v) is 2.81. The number of nitrogens with zero attached hydrogens (tertiary/aromatic N) is 2. The Bertz CT molecular complexity index is 524. The maximum absolute atomic E-state index is 12.8. The number of β-amino-alcohol motifs (C(OH)–C–C–N with tert-alkyl or cyclic N) is 1. The van der Waals surface area contributed by atoms with Crippen molar-refractivity contribution in [3.63, 3.8) is 0 Å². The lowest BCUT2D eigenvalue weighted by Gasteiger charge is -2.19. The number of hydrogen-bond acceptors (Lipinski definition) is 3. The first-order chi connectivity index (χ1) is 9.58. The first kappa shape index (κ1) is 13.1. The van der Waals surface area contributed by atoms with Crippen molar-refractivity contribution in [1.29, 1.82) is 0 Å². The fourth-order valence-electron chi connectivity index (χ4n) is 2.81. The zero-order valence-corrected chi connectivity index (χ0v) is 10.8. The molecule has 1 N–H and O–H groups in total. The maximum atomic E-state index is 12.8. The normalized spacial score (nSPS) is 23.4. The molecule has 2 heterocycles. The van der Waals surface area contributed by atoms with Gasteiger partial charge in [-0.05, 0) is 30.5 Å². The zero-order chi connectivity index (χ0) is 14.3. The number of carbonyl (C=O) groups excluding carboxylic acids is 2. The number of amides is 3. The average Bonchev–Trinajstić information content (AvgIpc) is 2.99. The molecule has 5 nitrogen and oxygen atoms in total. The van der Waals surface area contributed by atoms with Crippen LogP contribution in [-0.2, 0) is 4.79 Å². The Balaban J connectivity index is 1.73. The monoisotopic (exact) mass is 278 g/mol. The van der Waals surface area contributed by atoms with Crippen molar-refractivity contribution in [2.75, 3.05) is 13.1 Å². The number of aliphatic hydroxyl groups is 1. The standard InChI is InChI=1S/C14H15FN2O3/c15-10-5-3-9(4-6-10)12(18)8-17-13(19)11-2-1-7-16(11)14(17)20/h3-6,11-12,18H,1-2,7-8H2. The second-order valence-corrected chi connectivity index (χ2v) is 5.15. The molecule has 2 aliphatic heterocycles. The molecule has 0 aliphatic carbocycles. The highest BCUT2D eigenvalue weighted by atomic mass is 19.1. The quantitative estimate of drug-likeness (QED) is 0.847. The minimum absolute atomic E-state index is 0.0870. The number of fused-ring (bicyclic) bond motifs is 1. The molecule has 0 bridgehead atoms. The van der Waals surface area contributed by atoms with Crippen molar-refractivity contribution in [3.8, 4) is 0 Å². The van der Waals surface area contributed by atoms with E-state index >= 15 is 0 Å². The van der Waals surface area contributed by atoms with Crippen LogP contribution >= 0.6 is 0 Å². The van der Waals surface area contributed by atoms with Gasteiger partial charge in [0.05, 0.1) is 12.6 Å². The number of imide groups is 1. The molecule has 0 spiro atoms. The van der Waals surface area contributed by atoms with Gasteiger partial charge in [-0.1, -0.05) is 12.1 Å². The van der Waals surface area contributed by atoms with Crippen LogP contribution < -0.4 is 0 Å². The lowest BCUT2D eigenvalue weighted by molar-refractivity contribution is -0.128. The summed E-state index contributed by atoms with van der Waals surface area (Å²) >= 11 is 0. The van der Waals surface area contributed by atoms with Gasteiger partial charge in [-0.2, -0.15) is 0 Å². The van der Waals surface area contributed by atoms with Gasteiger partial charge in [-0.3, -0.25) is 9.69 Å². The smallest absolute Gasteiger partial charge is 0.327 e. The van der Waals surface area contributed by atoms with Gasteiger partial charge in [-0.15, -0.1) is 0 Å². The molecule has 2 saturated heterocycles. The summed E-state index contributed by atoms with van der Waals surface area (Å²) in [5.74, 6) is -0.636. The van der Waals surface area contributed by atoms with E-state index in [0.717, 1.165) is 11.3 Å². The van der Waals surface area contributed by atoms with Gasteiger partial charge in [-0.25, -0.2) is 9.18 Å². The van der Waals surface area contributed by atoms with Gasteiger partial charge in [0.15, 0.2) is 0 Å². The molecule has 2 aliphatic rings. The number of halogens is 1. The van der Waals surface area contributed by atoms with Gasteiger partial charge in [0.1, 0.15) is 11.9 Å². The summed E-state index contributed by atoms with van der Waals surface area (Å²) in [5, 5.41) is 10.1.